The summed E-state index contributed by atoms with van der Waals surface area (Å²) in [5, 5.41) is 0. The van der Waals surface area contributed by atoms with E-state index < -0.39 is 6.17 Å². The van der Waals surface area contributed by atoms with Crippen LogP contribution in [0.1, 0.15) is 116 Å². The molecule has 218 valence electrons. The monoisotopic (exact) mass is 546 g/mol. The van der Waals surface area contributed by atoms with Gasteiger partial charge in [-0.15, -0.1) is 0 Å². The van der Waals surface area contributed by atoms with Crippen LogP contribution in [0.2, 0.25) is 0 Å². The van der Waals surface area contributed by atoms with Crippen LogP contribution in [-0.4, -0.2) is 22.7 Å². The third-order valence-electron chi connectivity index (χ3n) is 7.67. The van der Waals surface area contributed by atoms with Gasteiger partial charge in [-0.25, -0.2) is 14.4 Å². The van der Waals surface area contributed by atoms with Crippen LogP contribution in [-0.2, 0) is 6.42 Å². The van der Waals surface area contributed by atoms with Crippen LogP contribution in [0, 0.1) is 0 Å². The highest BCUT2D eigenvalue weighted by atomic mass is 19.1. The van der Waals surface area contributed by atoms with Crippen molar-refractivity contribution < 1.29 is 9.13 Å². The standard InChI is InChI=1S/C36H51FN2O/c1-3-5-7-9-11-13-15-17-30-19-21-32(22-20-30)36-38-27-33(28-39-36)31-23-25-35(26-24-31)40-29-34(37)18-16-14-12-10-8-6-4-2/h19-28,34H,3-18,29H2,1-2H3. The average Bonchev–Trinajstić information content (AvgIpc) is 3.00. The number of benzene rings is 2. The Kier molecular flexibility index (Phi) is 15.4. The summed E-state index contributed by atoms with van der Waals surface area (Å²) < 4.78 is 19.9. The van der Waals surface area contributed by atoms with E-state index in [0.717, 1.165) is 41.8 Å². The van der Waals surface area contributed by atoms with Gasteiger partial charge in [0.1, 0.15) is 18.5 Å². The molecule has 0 N–H and O–H groups in total. The van der Waals surface area contributed by atoms with Crippen LogP contribution in [0.3, 0.4) is 0 Å². The van der Waals surface area contributed by atoms with E-state index in [4.69, 9.17) is 4.74 Å². The molecular weight excluding hydrogens is 495 g/mol. The van der Waals surface area contributed by atoms with Gasteiger partial charge in [0.15, 0.2) is 5.82 Å². The van der Waals surface area contributed by atoms with Crippen molar-refractivity contribution in [1.29, 1.82) is 0 Å². The largest absolute Gasteiger partial charge is 0.491 e. The second kappa shape index (κ2) is 19.3. The van der Waals surface area contributed by atoms with Crippen LogP contribution in [0.5, 0.6) is 5.75 Å². The summed E-state index contributed by atoms with van der Waals surface area (Å²) in [5.74, 6) is 1.43. The van der Waals surface area contributed by atoms with E-state index in [1.54, 1.807) is 0 Å². The van der Waals surface area contributed by atoms with Gasteiger partial charge in [-0.2, -0.15) is 0 Å². The predicted molar refractivity (Wildman–Crippen MR) is 168 cm³/mol. The molecule has 0 spiro atoms. The molecule has 0 radical (unpaired) electrons. The van der Waals surface area contributed by atoms with E-state index in [9.17, 15) is 4.39 Å². The molecule has 1 aromatic heterocycles. The van der Waals surface area contributed by atoms with Gasteiger partial charge < -0.3 is 4.74 Å². The Balaban J connectivity index is 1.38. The first-order chi connectivity index (χ1) is 19.7. The summed E-state index contributed by atoms with van der Waals surface area (Å²) in [4.78, 5) is 9.22. The minimum absolute atomic E-state index is 0.116. The van der Waals surface area contributed by atoms with E-state index in [-0.39, 0.29) is 6.61 Å². The maximum absolute atomic E-state index is 14.2. The van der Waals surface area contributed by atoms with E-state index in [1.807, 2.05) is 36.7 Å². The van der Waals surface area contributed by atoms with Crippen LogP contribution in [0.25, 0.3) is 22.5 Å². The van der Waals surface area contributed by atoms with E-state index in [2.05, 4.69) is 48.1 Å². The van der Waals surface area contributed by atoms with E-state index in [1.165, 1.54) is 82.6 Å². The zero-order valence-electron chi connectivity index (χ0n) is 25.1. The van der Waals surface area contributed by atoms with Gasteiger partial charge in [0.25, 0.3) is 0 Å². The molecule has 3 aromatic rings. The molecule has 3 rings (SSSR count). The molecule has 0 aliphatic carbocycles. The summed E-state index contributed by atoms with van der Waals surface area (Å²) in [6.07, 6.45) is 22.3. The molecule has 4 heteroatoms. The first kappa shape index (κ1) is 31.8. The number of rotatable bonds is 21. The zero-order valence-corrected chi connectivity index (χ0v) is 25.1. The minimum Gasteiger partial charge on any atom is -0.491 e. The highest BCUT2D eigenvalue weighted by Crippen LogP contribution is 2.24. The average molecular weight is 547 g/mol. The molecule has 0 bridgehead atoms. The smallest absolute Gasteiger partial charge is 0.159 e. The summed E-state index contributed by atoms with van der Waals surface area (Å²) in [6, 6.07) is 16.4. The fourth-order valence-electron chi connectivity index (χ4n) is 5.07. The molecule has 1 unspecified atom stereocenters. The number of hydrogen-bond acceptors (Lipinski definition) is 3. The number of ether oxygens (including phenoxy) is 1. The maximum atomic E-state index is 14.2. The van der Waals surface area contributed by atoms with Crippen molar-refractivity contribution in [1.82, 2.24) is 9.97 Å². The molecule has 0 fully saturated rings. The first-order valence-electron chi connectivity index (χ1n) is 16.0. The molecule has 2 aromatic carbocycles. The molecule has 1 atom stereocenters. The second-order valence-corrected chi connectivity index (χ2v) is 11.2. The summed E-state index contributed by atoms with van der Waals surface area (Å²) in [6.45, 7) is 4.61. The van der Waals surface area contributed by atoms with Crippen molar-refractivity contribution >= 4 is 0 Å². The Labute approximate surface area is 243 Å². The Morgan fingerprint density at radius 3 is 1.73 bits per heavy atom. The lowest BCUT2D eigenvalue weighted by atomic mass is 10.0. The lowest BCUT2D eigenvalue weighted by Gasteiger charge is -2.11. The van der Waals surface area contributed by atoms with Gasteiger partial charge in [0.2, 0.25) is 0 Å². The van der Waals surface area contributed by atoms with Crippen molar-refractivity contribution in [2.24, 2.45) is 0 Å². The lowest BCUT2D eigenvalue weighted by Crippen LogP contribution is -2.12. The summed E-state index contributed by atoms with van der Waals surface area (Å²) in [7, 11) is 0. The number of aromatic nitrogens is 2. The second-order valence-electron chi connectivity index (χ2n) is 11.2. The molecule has 40 heavy (non-hydrogen) atoms. The molecule has 1 heterocycles. The minimum atomic E-state index is -0.911. The van der Waals surface area contributed by atoms with Crippen molar-refractivity contribution in [3.05, 3.63) is 66.5 Å². The van der Waals surface area contributed by atoms with Gasteiger partial charge in [0, 0.05) is 23.5 Å². The summed E-state index contributed by atoms with van der Waals surface area (Å²) >= 11 is 0. The Hall–Kier alpha value is -2.75. The third-order valence-corrected chi connectivity index (χ3v) is 7.67. The van der Waals surface area contributed by atoms with Crippen LogP contribution >= 0.6 is 0 Å². The number of nitrogens with zero attached hydrogens (tertiary/aromatic N) is 2. The topological polar surface area (TPSA) is 35.0 Å². The van der Waals surface area contributed by atoms with Gasteiger partial charge in [0.05, 0.1) is 0 Å². The lowest BCUT2D eigenvalue weighted by molar-refractivity contribution is 0.184. The molecule has 0 aliphatic heterocycles. The normalized spacial score (nSPS) is 12.0. The molecule has 0 aliphatic rings. The van der Waals surface area contributed by atoms with Crippen LogP contribution < -0.4 is 4.74 Å². The first-order valence-corrected chi connectivity index (χ1v) is 16.0. The molecule has 0 saturated carbocycles. The Morgan fingerprint density at radius 1 is 0.600 bits per heavy atom. The molecule has 0 amide bonds. The number of halogens is 1. The predicted octanol–water partition coefficient (Wildman–Crippen LogP) is 11.0. The van der Waals surface area contributed by atoms with Gasteiger partial charge in [-0.05, 0) is 42.5 Å². The number of hydrogen-bond donors (Lipinski definition) is 0. The molecule has 0 saturated heterocycles. The highest BCUT2D eigenvalue weighted by Gasteiger charge is 2.09. The maximum Gasteiger partial charge on any atom is 0.159 e. The number of aryl methyl sites for hydroxylation is 1. The van der Waals surface area contributed by atoms with E-state index in [0.29, 0.717) is 12.2 Å². The van der Waals surface area contributed by atoms with Gasteiger partial charge in [-0.1, -0.05) is 134 Å². The summed E-state index contributed by atoms with van der Waals surface area (Å²) in [5.41, 5.74) is 4.39. The highest BCUT2D eigenvalue weighted by molar-refractivity contribution is 5.64. The van der Waals surface area contributed by atoms with Crippen molar-refractivity contribution in [2.45, 2.75) is 123 Å². The van der Waals surface area contributed by atoms with Gasteiger partial charge >= 0.3 is 0 Å². The SMILES string of the molecule is CCCCCCCCCc1ccc(-c2ncc(-c3ccc(OCC(F)CCCCCCCCC)cc3)cn2)cc1. The Morgan fingerprint density at radius 2 is 1.12 bits per heavy atom. The van der Waals surface area contributed by atoms with Crippen molar-refractivity contribution in [3.8, 4) is 28.3 Å². The van der Waals surface area contributed by atoms with Crippen LogP contribution in [0.4, 0.5) is 4.39 Å². The van der Waals surface area contributed by atoms with Gasteiger partial charge in [-0.3, -0.25) is 0 Å². The molecule has 3 nitrogen and oxygen atoms in total. The van der Waals surface area contributed by atoms with E-state index >= 15 is 0 Å². The number of unbranched alkanes of at least 4 members (excludes halogenated alkanes) is 12. The molecular formula is C36H51FN2O. The van der Waals surface area contributed by atoms with Crippen LogP contribution in [0.15, 0.2) is 60.9 Å². The van der Waals surface area contributed by atoms with Crippen molar-refractivity contribution in [3.63, 3.8) is 0 Å². The van der Waals surface area contributed by atoms with Crippen molar-refractivity contribution in [2.75, 3.05) is 6.61 Å². The third kappa shape index (κ3) is 12.2. The zero-order chi connectivity index (χ0) is 28.3. The Bertz CT molecular complexity index is 1030. The fourth-order valence-corrected chi connectivity index (χ4v) is 5.07. The quantitative estimate of drug-likeness (QED) is 0.125. The number of alkyl halides is 1. The fraction of sp³-hybridized carbons (Fsp3) is 0.556.